The van der Waals surface area contributed by atoms with Crippen molar-refractivity contribution in [3.05, 3.63) is 54.6 Å². The van der Waals surface area contributed by atoms with Crippen molar-refractivity contribution in [1.29, 1.82) is 0 Å². The van der Waals surface area contributed by atoms with E-state index in [4.69, 9.17) is 0 Å². The summed E-state index contributed by atoms with van der Waals surface area (Å²) in [4.78, 5) is 29.8. The van der Waals surface area contributed by atoms with Crippen LogP contribution in [0.3, 0.4) is 0 Å². The van der Waals surface area contributed by atoms with Crippen LogP contribution in [0.15, 0.2) is 49.1 Å². The van der Waals surface area contributed by atoms with Crippen LogP contribution in [0.25, 0.3) is 0 Å². The van der Waals surface area contributed by atoms with Crippen molar-refractivity contribution in [2.45, 2.75) is 32.9 Å². The number of nitrogens with zero attached hydrogens (tertiary/aromatic N) is 3. The minimum atomic E-state index is -0.134. The molecule has 0 radical (unpaired) electrons. The zero-order chi connectivity index (χ0) is 18.1. The first-order chi connectivity index (χ1) is 12.1. The molecule has 134 valence electrons. The van der Waals surface area contributed by atoms with Crippen LogP contribution in [-0.2, 0) is 16.1 Å². The van der Waals surface area contributed by atoms with Crippen molar-refractivity contribution >= 4 is 11.7 Å². The monoisotopic (exact) mass is 342 g/mol. The number of hydrogen-bond donors (Lipinski definition) is 1. The highest BCUT2D eigenvalue weighted by molar-refractivity contribution is 5.85. The van der Waals surface area contributed by atoms with Gasteiger partial charge in [-0.05, 0) is 32.4 Å². The summed E-state index contributed by atoms with van der Waals surface area (Å²) in [6, 6.07) is 9.64. The first-order valence-corrected chi connectivity index (χ1v) is 8.58. The molecule has 6 heteroatoms. The minimum absolute atomic E-state index is 0.0174. The molecule has 6 nitrogen and oxygen atoms in total. The highest BCUT2D eigenvalue weighted by atomic mass is 16.2. The Morgan fingerprint density at radius 1 is 1.28 bits per heavy atom. The number of benzene rings is 1. The van der Waals surface area contributed by atoms with E-state index in [-0.39, 0.29) is 30.8 Å². The Bertz CT molecular complexity index is 655. The van der Waals surface area contributed by atoms with E-state index in [9.17, 15) is 9.59 Å². The predicted octanol–water partition coefficient (Wildman–Crippen LogP) is 2.04. The molecule has 1 unspecified atom stereocenters. The molecule has 0 bridgehead atoms. The van der Waals surface area contributed by atoms with Crippen LogP contribution < -0.4 is 5.32 Å². The molecule has 1 aromatic heterocycles. The molecule has 1 atom stereocenters. The number of hydrogen-bond acceptors (Lipinski definition) is 4. The van der Waals surface area contributed by atoms with Gasteiger partial charge in [0.05, 0.1) is 25.5 Å². The molecule has 1 amide bonds. The lowest BCUT2D eigenvalue weighted by Crippen LogP contribution is -2.42. The van der Waals surface area contributed by atoms with Gasteiger partial charge >= 0.3 is 0 Å². The number of amides is 1. The van der Waals surface area contributed by atoms with E-state index in [1.807, 2.05) is 48.0 Å². The fourth-order valence-electron chi connectivity index (χ4n) is 2.69. The molecular weight excluding hydrogens is 316 g/mol. The predicted molar refractivity (Wildman–Crippen MR) is 97.0 cm³/mol. The molecule has 0 aliphatic carbocycles. The Hall–Kier alpha value is -2.47. The Balaban J connectivity index is 1.84. The lowest BCUT2D eigenvalue weighted by Gasteiger charge is -2.29. The third-order valence-corrected chi connectivity index (χ3v) is 4.07. The quantitative estimate of drug-likeness (QED) is 0.671. The summed E-state index contributed by atoms with van der Waals surface area (Å²) < 4.78 is 2.00. The summed E-state index contributed by atoms with van der Waals surface area (Å²) in [6.45, 7) is 5.42. The van der Waals surface area contributed by atoms with Gasteiger partial charge in [-0.3, -0.25) is 9.59 Å². The molecule has 1 aromatic carbocycles. The molecule has 2 rings (SSSR count). The van der Waals surface area contributed by atoms with Gasteiger partial charge in [-0.1, -0.05) is 30.3 Å². The third-order valence-electron chi connectivity index (χ3n) is 4.07. The van der Waals surface area contributed by atoms with Crippen LogP contribution in [-0.4, -0.2) is 45.8 Å². The summed E-state index contributed by atoms with van der Waals surface area (Å²) in [5.41, 5.74) is 1.03. The van der Waals surface area contributed by atoms with Gasteiger partial charge in [-0.25, -0.2) is 4.98 Å². The summed E-state index contributed by atoms with van der Waals surface area (Å²) in [5, 5.41) is 3.17. The number of imidazole rings is 1. The topological polar surface area (TPSA) is 67.2 Å². The Morgan fingerprint density at radius 3 is 2.68 bits per heavy atom. The van der Waals surface area contributed by atoms with Crippen molar-refractivity contribution in [2.24, 2.45) is 0 Å². The summed E-state index contributed by atoms with van der Waals surface area (Å²) in [7, 11) is 0. The van der Waals surface area contributed by atoms with Crippen LogP contribution >= 0.6 is 0 Å². The molecule has 0 saturated heterocycles. The van der Waals surface area contributed by atoms with Crippen LogP contribution in [0, 0.1) is 0 Å². The fourth-order valence-corrected chi connectivity index (χ4v) is 2.69. The fraction of sp³-hybridized carbons (Fsp3) is 0.421. The molecular formula is C19H26N4O2. The molecule has 2 aromatic rings. The van der Waals surface area contributed by atoms with E-state index in [2.05, 4.69) is 10.3 Å². The first-order valence-electron chi connectivity index (χ1n) is 8.58. The molecule has 25 heavy (non-hydrogen) atoms. The number of aryl methyl sites for hydroxylation is 1. The molecule has 0 fully saturated rings. The largest absolute Gasteiger partial charge is 0.337 e. The Labute approximate surface area is 148 Å². The summed E-state index contributed by atoms with van der Waals surface area (Å²) in [5.74, 6) is -0.0783. The second kappa shape index (κ2) is 9.74. The first kappa shape index (κ1) is 18.9. The van der Waals surface area contributed by atoms with Crippen molar-refractivity contribution < 1.29 is 9.59 Å². The van der Waals surface area contributed by atoms with Crippen molar-refractivity contribution in [3.8, 4) is 0 Å². The molecule has 0 saturated carbocycles. The number of carbonyl (C=O) groups excluding carboxylic acids is 2. The lowest BCUT2D eigenvalue weighted by atomic mass is 10.1. The summed E-state index contributed by atoms with van der Waals surface area (Å²) >= 11 is 0. The standard InChI is InChI=1S/C19H26N4O2/c1-16(24)14-23(17(2)18-7-4-3-5-8-18)19(25)13-20-9-6-11-22-12-10-21-15-22/h3-5,7-8,10,12,15,17,20H,6,9,11,13-14H2,1-2H3. The highest BCUT2D eigenvalue weighted by Gasteiger charge is 2.22. The van der Waals surface area contributed by atoms with Crippen LogP contribution in [0.2, 0.25) is 0 Å². The maximum Gasteiger partial charge on any atom is 0.237 e. The molecule has 0 spiro atoms. The van der Waals surface area contributed by atoms with Crippen LogP contribution in [0.4, 0.5) is 0 Å². The lowest BCUT2D eigenvalue weighted by molar-refractivity contribution is -0.136. The molecule has 1 heterocycles. The second-order valence-electron chi connectivity index (χ2n) is 6.14. The Morgan fingerprint density at radius 2 is 2.04 bits per heavy atom. The van der Waals surface area contributed by atoms with E-state index >= 15 is 0 Å². The van der Waals surface area contributed by atoms with E-state index in [1.54, 1.807) is 17.4 Å². The van der Waals surface area contributed by atoms with E-state index in [0.717, 1.165) is 25.1 Å². The van der Waals surface area contributed by atoms with E-state index in [0.29, 0.717) is 0 Å². The second-order valence-corrected chi connectivity index (χ2v) is 6.14. The highest BCUT2D eigenvalue weighted by Crippen LogP contribution is 2.19. The third kappa shape index (κ3) is 6.15. The number of carbonyl (C=O) groups is 2. The van der Waals surface area contributed by atoms with Crippen molar-refractivity contribution in [3.63, 3.8) is 0 Å². The maximum absolute atomic E-state index is 12.6. The molecule has 0 aliphatic rings. The molecule has 1 N–H and O–H groups in total. The van der Waals surface area contributed by atoms with E-state index in [1.165, 1.54) is 6.92 Å². The van der Waals surface area contributed by atoms with Gasteiger partial charge in [-0.2, -0.15) is 0 Å². The maximum atomic E-state index is 12.6. The SMILES string of the molecule is CC(=O)CN(C(=O)CNCCCn1ccnc1)C(C)c1ccccc1. The number of Topliss-reactive ketones (excluding diaryl/α,β-unsaturated/α-hetero) is 1. The Kier molecular flexibility index (Phi) is 7.35. The zero-order valence-electron chi connectivity index (χ0n) is 14.9. The smallest absolute Gasteiger partial charge is 0.237 e. The van der Waals surface area contributed by atoms with Crippen molar-refractivity contribution in [2.75, 3.05) is 19.6 Å². The number of nitrogens with one attached hydrogen (secondary N) is 1. The minimum Gasteiger partial charge on any atom is -0.337 e. The van der Waals surface area contributed by atoms with Gasteiger partial charge < -0.3 is 14.8 Å². The average molecular weight is 342 g/mol. The number of aromatic nitrogens is 2. The van der Waals surface area contributed by atoms with Gasteiger partial charge in [0.25, 0.3) is 0 Å². The van der Waals surface area contributed by atoms with Gasteiger partial charge in [-0.15, -0.1) is 0 Å². The van der Waals surface area contributed by atoms with Crippen molar-refractivity contribution in [1.82, 2.24) is 19.8 Å². The average Bonchev–Trinajstić information content (AvgIpc) is 3.12. The number of ketones is 1. The van der Waals surface area contributed by atoms with Gasteiger partial charge in [0.2, 0.25) is 5.91 Å². The normalized spacial score (nSPS) is 11.9. The number of rotatable bonds is 10. The molecule has 0 aliphatic heterocycles. The van der Waals surface area contributed by atoms with Gasteiger partial charge in [0.15, 0.2) is 0 Å². The summed E-state index contributed by atoms with van der Waals surface area (Å²) in [6.07, 6.45) is 6.36. The van der Waals surface area contributed by atoms with Gasteiger partial charge in [0.1, 0.15) is 5.78 Å². The van der Waals surface area contributed by atoms with Gasteiger partial charge in [0, 0.05) is 18.9 Å². The van der Waals surface area contributed by atoms with E-state index < -0.39 is 0 Å². The van der Waals surface area contributed by atoms with Crippen LogP contribution in [0.5, 0.6) is 0 Å². The zero-order valence-corrected chi connectivity index (χ0v) is 14.9. The van der Waals surface area contributed by atoms with Crippen LogP contribution in [0.1, 0.15) is 31.9 Å².